The van der Waals surface area contributed by atoms with Gasteiger partial charge < -0.3 is 25.7 Å². The summed E-state index contributed by atoms with van der Waals surface area (Å²) in [5.41, 5.74) is 2.16. The third-order valence-electron chi connectivity index (χ3n) is 5.36. The topological polar surface area (TPSA) is 101 Å². The maximum atomic E-state index is 13.4. The van der Waals surface area contributed by atoms with Gasteiger partial charge in [-0.15, -0.1) is 0 Å². The van der Waals surface area contributed by atoms with Gasteiger partial charge in [-0.1, -0.05) is 23.2 Å². The van der Waals surface area contributed by atoms with Crippen molar-refractivity contribution in [2.75, 3.05) is 30.8 Å². The predicted molar refractivity (Wildman–Crippen MR) is 116 cm³/mol. The highest BCUT2D eigenvalue weighted by molar-refractivity contribution is 6.31. The number of rotatable bonds is 5. The summed E-state index contributed by atoms with van der Waals surface area (Å²) in [6, 6.07) is 6.32. The maximum absolute atomic E-state index is 13.4. The highest BCUT2D eigenvalue weighted by atomic mass is 35.5. The summed E-state index contributed by atoms with van der Waals surface area (Å²) in [6.45, 7) is 1.88. The largest absolute Gasteiger partial charge is 0.409 e. The molecule has 4 N–H and O–H groups in total. The van der Waals surface area contributed by atoms with Gasteiger partial charge in [0.15, 0.2) is 11.5 Å². The Kier molecular flexibility index (Phi) is 6.01. The van der Waals surface area contributed by atoms with Crippen LogP contribution in [-0.4, -0.2) is 57.1 Å². The molecular formula is C20H23ClFN7O. The van der Waals surface area contributed by atoms with Crippen molar-refractivity contribution in [3.05, 3.63) is 46.9 Å². The molecule has 3 aromatic rings. The Bertz CT molecular complexity index is 1070. The van der Waals surface area contributed by atoms with E-state index in [0.29, 0.717) is 34.4 Å². The third-order valence-corrected chi connectivity index (χ3v) is 5.65. The fourth-order valence-electron chi connectivity index (χ4n) is 3.67. The number of likely N-dealkylation sites (tertiary alicyclic amines) is 1. The molecule has 1 unspecified atom stereocenters. The number of imidazole rings is 1. The molecule has 1 fully saturated rings. The number of nitrogens with one attached hydrogen (secondary N) is 3. The van der Waals surface area contributed by atoms with Gasteiger partial charge in [0.2, 0.25) is 5.95 Å². The molecule has 1 atom stereocenters. The SMILES string of the molecule is CN1CCCCC1CNc1nc2nccc(/C(=N/O)Nc3ccc(F)c(Cl)c3)c2[nH]1. The molecule has 4 rings (SSSR count). The Hall–Kier alpha value is -2.91. The number of halogens is 2. The lowest BCUT2D eigenvalue weighted by Crippen LogP contribution is -2.40. The minimum absolute atomic E-state index is 0.0297. The van der Waals surface area contributed by atoms with E-state index in [-0.39, 0.29) is 10.9 Å². The van der Waals surface area contributed by atoms with Gasteiger partial charge in [0.25, 0.3) is 0 Å². The number of oxime groups is 1. The first-order chi connectivity index (χ1) is 14.5. The quantitative estimate of drug-likeness (QED) is 0.211. The molecule has 0 amide bonds. The number of likely N-dealkylation sites (N-methyl/N-ethyl adjacent to an activating group) is 1. The minimum Gasteiger partial charge on any atom is -0.409 e. The number of hydrogen-bond donors (Lipinski definition) is 4. The lowest BCUT2D eigenvalue weighted by molar-refractivity contribution is 0.194. The van der Waals surface area contributed by atoms with Gasteiger partial charge in [-0.25, -0.2) is 9.37 Å². The van der Waals surface area contributed by atoms with E-state index in [9.17, 15) is 9.60 Å². The van der Waals surface area contributed by atoms with E-state index >= 15 is 0 Å². The van der Waals surface area contributed by atoms with Crippen LogP contribution in [0.15, 0.2) is 35.6 Å². The smallest absolute Gasteiger partial charge is 0.202 e. The van der Waals surface area contributed by atoms with Crippen LogP contribution in [0.4, 0.5) is 16.0 Å². The summed E-state index contributed by atoms with van der Waals surface area (Å²) >= 11 is 5.84. The average Bonchev–Trinajstić information content (AvgIpc) is 3.17. The van der Waals surface area contributed by atoms with Crippen LogP contribution >= 0.6 is 11.6 Å². The maximum Gasteiger partial charge on any atom is 0.202 e. The van der Waals surface area contributed by atoms with E-state index in [4.69, 9.17) is 11.6 Å². The molecule has 10 heteroatoms. The van der Waals surface area contributed by atoms with Gasteiger partial charge in [0.1, 0.15) is 5.82 Å². The van der Waals surface area contributed by atoms with Gasteiger partial charge in [-0.3, -0.25) is 0 Å². The molecule has 3 heterocycles. The first-order valence-corrected chi connectivity index (χ1v) is 10.2. The number of aromatic amines is 1. The second-order valence-corrected chi connectivity index (χ2v) is 7.76. The van der Waals surface area contributed by atoms with Crippen molar-refractivity contribution in [1.82, 2.24) is 19.9 Å². The van der Waals surface area contributed by atoms with Gasteiger partial charge in [0, 0.05) is 30.0 Å². The molecular weight excluding hydrogens is 409 g/mol. The number of piperidine rings is 1. The van der Waals surface area contributed by atoms with E-state index in [1.165, 1.54) is 31.0 Å². The first-order valence-electron chi connectivity index (χ1n) is 9.78. The molecule has 1 aliphatic heterocycles. The number of aromatic nitrogens is 3. The summed E-state index contributed by atoms with van der Waals surface area (Å²) in [7, 11) is 2.14. The number of anilines is 2. The lowest BCUT2D eigenvalue weighted by atomic mass is 10.0. The molecule has 0 spiro atoms. The summed E-state index contributed by atoms with van der Waals surface area (Å²) in [5, 5.41) is 19.2. The zero-order valence-corrected chi connectivity index (χ0v) is 17.2. The fraction of sp³-hybridized carbons (Fsp3) is 0.350. The van der Waals surface area contributed by atoms with Crippen LogP contribution in [0.25, 0.3) is 11.2 Å². The summed E-state index contributed by atoms with van der Waals surface area (Å²) < 4.78 is 13.4. The standard InChI is InChI=1S/C20H23ClFN7O/c1-29-9-3-2-4-13(29)11-24-20-26-17-14(7-8-23-19(17)27-20)18(28-30)25-12-5-6-16(22)15(21)10-12/h5-8,10,13,30H,2-4,9,11H2,1H3,(H,25,28)(H2,23,24,26,27). The molecule has 0 radical (unpaired) electrons. The number of benzene rings is 1. The first kappa shape index (κ1) is 20.4. The molecule has 1 aliphatic rings. The van der Waals surface area contributed by atoms with Crippen molar-refractivity contribution >= 4 is 40.2 Å². The summed E-state index contributed by atoms with van der Waals surface area (Å²) in [6.07, 6.45) is 5.21. The van der Waals surface area contributed by atoms with Crippen molar-refractivity contribution in [2.24, 2.45) is 5.16 Å². The highest BCUT2D eigenvalue weighted by Crippen LogP contribution is 2.23. The summed E-state index contributed by atoms with van der Waals surface area (Å²) in [4.78, 5) is 14.4. The van der Waals surface area contributed by atoms with Crippen LogP contribution in [0, 0.1) is 5.82 Å². The molecule has 2 aromatic heterocycles. The zero-order valence-electron chi connectivity index (χ0n) is 16.5. The van der Waals surface area contributed by atoms with Crippen LogP contribution in [0.3, 0.4) is 0 Å². The molecule has 1 saturated heterocycles. The van der Waals surface area contributed by atoms with Crippen LogP contribution in [0.1, 0.15) is 24.8 Å². The fourth-order valence-corrected chi connectivity index (χ4v) is 3.85. The van der Waals surface area contributed by atoms with Crippen LogP contribution in [0.5, 0.6) is 0 Å². The van der Waals surface area contributed by atoms with Crippen LogP contribution < -0.4 is 10.6 Å². The number of hydrogen-bond acceptors (Lipinski definition) is 6. The number of H-pyrrole nitrogens is 1. The second kappa shape index (κ2) is 8.85. The van der Waals surface area contributed by atoms with E-state index in [1.54, 1.807) is 12.3 Å². The zero-order chi connectivity index (χ0) is 21.1. The van der Waals surface area contributed by atoms with Crippen molar-refractivity contribution in [3.63, 3.8) is 0 Å². The number of nitrogens with zero attached hydrogens (tertiary/aromatic N) is 4. The number of fused-ring (bicyclic) bond motifs is 1. The Morgan fingerprint density at radius 1 is 1.40 bits per heavy atom. The average molecular weight is 432 g/mol. The Labute approximate surface area is 178 Å². The van der Waals surface area contributed by atoms with E-state index in [1.807, 2.05) is 0 Å². The van der Waals surface area contributed by atoms with E-state index < -0.39 is 5.82 Å². The molecule has 0 saturated carbocycles. The number of pyridine rings is 1. The van der Waals surface area contributed by atoms with Gasteiger partial charge in [-0.2, -0.15) is 4.98 Å². The van der Waals surface area contributed by atoms with Crippen molar-refractivity contribution in [3.8, 4) is 0 Å². The Balaban J connectivity index is 1.55. The van der Waals surface area contributed by atoms with Crippen LogP contribution in [0.2, 0.25) is 5.02 Å². The monoisotopic (exact) mass is 431 g/mol. The van der Waals surface area contributed by atoms with Crippen molar-refractivity contribution in [1.29, 1.82) is 0 Å². The van der Waals surface area contributed by atoms with Crippen LogP contribution in [-0.2, 0) is 0 Å². The third kappa shape index (κ3) is 4.31. The van der Waals surface area contributed by atoms with Gasteiger partial charge >= 0.3 is 0 Å². The van der Waals surface area contributed by atoms with Crippen molar-refractivity contribution < 1.29 is 9.60 Å². The molecule has 1 aromatic carbocycles. The minimum atomic E-state index is -0.524. The lowest BCUT2D eigenvalue weighted by Gasteiger charge is -2.32. The molecule has 158 valence electrons. The number of amidine groups is 1. The van der Waals surface area contributed by atoms with Gasteiger partial charge in [0.05, 0.1) is 10.5 Å². The Morgan fingerprint density at radius 2 is 2.27 bits per heavy atom. The Morgan fingerprint density at radius 3 is 3.03 bits per heavy atom. The van der Waals surface area contributed by atoms with Crippen molar-refractivity contribution in [2.45, 2.75) is 25.3 Å². The molecule has 30 heavy (non-hydrogen) atoms. The molecule has 8 nitrogen and oxygen atoms in total. The molecule has 0 aliphatic carbocycles. The van der Waals surface area contributed by atoms with E-state index in [0.717, 1.165) is 19.5 Å². The van der Waals surface area contributed by atoms with E-state index in [2.05, 4.69) is 42.7 Å². The normalized spacial score (nSPS) is 18.0. The highest BCUT2D eigenvalue weighted by Gasteiger charge is 2.19. The second-order valence-electron chi connectivity index (χ2n) is 7.36. The summed E-state index contributed by atoms with van der Waals surface area (Å²) in [5.74, 6) is 0.238. The van der Waals surface area contributed by atoms with Gasteiger partial charge in [-0.05, 0) is 50.7 Å². The predicted octanol–water partition coefficient (Wildman–Crippen LogP) is 3.89. The molecule has 0 bridgehead atoms.